The molecule has 2 aromatic rings. The summed E-state index contributed by atoms with van der Waals surface area (Å²) >= 11 is 0. The van der Waals surface area contributed by atoms with Crippen molar-refractivity contribution in [2.75, 3.05) is 5.32 Å². The molecule has 122 valence electrons. The maximum Gasteiger partial charge on any atom is 0.387 e. The number of carbonyl (C=O) groups excluding carboxylic acids is 1. The molecule has 2 amide bonds. The van der Waals surface area contributed by atoms with Crippen LogP contribution in [0.5, 0.6) is 5.75 Å². The van der Waals surface area contributed by atoms with Crippen LogP contribution in [0.1, 0.15) is 24.1 Å². The van der Waals surface area contributed by atoms with E-state index in [1.807, 2.05) is 13.0 Å². The highest BCUT2D eigenvalue weighted by atomic mass is 19.3. The fourth-order valence-electron chi connectivity index (χ4n) is 2.04. The third-order valence-corrected chi connectivity index (χ3v) is 3.28. The SMILES string of the molecule is Cc1c(NC(=O)NC(C)c2cccnc2)cccc1OC(F)F. The monoisotopic (exact) mass is 321 g/mol. The van der Waals surface area contributed by atoms with Gasteiger partial charge in [0.2, 0.25) is 0 Å². The van der Waals surface area contributed by atoms with Gasteiger partial charge in [0.15, 0.2) is 0 Å². The number of hydrogen-bond donors (Lipinski definition) is 2. The van der Waals surface area contributed by atoms with E-state index in [0.29, 0.717) is 11.3 Å². The smallest absolute Gasteiger partial charge is 0.387 e. The number of benzene rings is 1. The quantitative estimate of drug-likeness (QED) is 0.878. The number of amides is 2. The molecule has 0 spiro atoms. The Labute approximate surface area is 132 Å². The van der Waals surface area contributed by atoms with E-state index >= 15 is 0 Å². The van der Waals surface area contributed by atoms with Crippen molar-refractivity contribution >= 4 is 11.7 Å². The Morgan fingerprint density at radius 3 is 2.70 bits per heavy atom. The van der Waals surface area contributed by atoms with Crippen LogP contribution in [0.4, 0.5) is 19.3 Å². The molecule has 0 saturated carbocycles. The first-order chi connectivity index (χ1) is 11.0. The van der Waals surface area contributed by atoms with Crippen LogP contribution < -0.4 is 15.4 Å². The molecule has 1 aromatic heterocycles. The highest BCUT2D eigenvalue weighted by Gasteiger charge is 2.13. The van der Waals surface area contributed by atoms with Crippen LogP contribution >= 0.6 is 0 Å². The zero-order valence-corrected chi connectivity index (χ0v) is 12.7. The average molecular weight is 321 g/mol. The van der Waals surface area contributed by atoms with E-state index in [0.717, 1.165) is 5.56 Å². The van der Waals surface area contributed by atoms with Gasteiger partial charge in [0.1, 0.15) is 5.75 Å². The predicted molar refractivity (Wildman–Crippen MR) is 82.6 cm³/mol. The molecule has 7 heteroatoms. The van der Waals surface area contributed by atoms with E-state index in [9.17, 15) is 13.6 Å². The van der Waals surface area contributed by atoms with Gasteiger partial charge in [-0.1, -0.05) is 12.1 Å². The molecule has 0 aliphatic rings. The van der Waals surface area contributed by atoms with Gasteiger partial charge in [-0.3, -0.25) is 4.98 Å². The van der Waals surface area contributed by atoms with Crippen LogP contribution in [0.2, 0.25) is 0 Å². The number of urea groups is 1. The molecule has 0 bridgehead atoms. The van der Waals surface area contributed by atoms with Gasteiger partial charge in [0.25, 0.3) is 0 Å². The van der Waals surface area contributed by atoms with E-state index in [-0.39, 0.29) is 11.8 Å². The van der Waals surface area contributed by atoms with E-state index in [1.54, 1.807) is 31.5 Å². The number of carbonyl (C=O) groups is 1. The molecular weight excluding hydrogens is 304 g/mol. The molecule has 0 radical (unpaired) electrons. The normalized spacial score (nSPS) is 11.9. The van der Waals surface area contributed by atoms with Crippen LogP contribution in [-0.4, -0.2) is 17.6 Å². The summed E-state index contributed by atoms with van der Waals surface area (Å²) in [5.41, 5.74) is 1.69. The standard InChI is InChI=1S/C16H17F2N3O2/c1-10-13(6-3-7-14(10)23-15(17)18)21-16(22)20-11(2)12-5-4-8-19-9-12/h3-9,11,15H,1-2H3,(H2,20,21,22). The lowest BCUT2D eigenvalue weighted by Gasteiger charge is -2.16. The van der Waals surface area contributed by atoms with Crippen molar-refractivity contribution in [3.05, 3.63) is 53.9 Å². The first kappa shape index (κ1) is 16.7. The minimum atomic E-state index is -2.91. The average Bonchev–Trinajstić information content (AvgIpc) is 2.51. The summed E-state index contributed by atoms with van der Waals surface area (Å²) in [6.45, 7) is 0.501. The lowest BCUT2D eigenvalue weighted by atomic mass is 10.1. The van der Waals surface area contributed by atoms with Crippen molar-refractivity contribution in [2.45, 2.75) is 26.5 Å². The molecule has 0 saturated heterocycles. The van der Waals surface area contributed by atoms with Gasteiger partial charge in [0.05, 0.1) is 6.04 Å². The number of rotatable bonds is 5. The van der Waals surface area contributed by atoms with Gasteiger partial charge in [-0.15, -0.1) is 0 Å². The lowest BCUT2D eigenvalue weighted by Crippen LogP contribution is -2.31. The van der Waals surface area contributed by atoms with Crippen molar-refractivity contribution in [2.24, 2.45) is 0 Å². The van der Waals surface area contributed by atoms with E-state index < -0.39 is 12.6 Å². The molecule has 23 heavy (non-hydrogen) atoms. The number of alkyl halides is 2. The van der Waals surface area contributed by atoms with Crippen LogP contribution in [0, 0.1) is 6.92 Å². The van der Waals surface area contributed by atoms with Gasteiger partial charge in [-0.05, 0) is 37.6 Å². The highest BCUT2D eigenvalue weighted by molar-refractivity contribution is 5.90. The Balaban J connectivity index is 2.03. The summed E-state index contributed by atoms with van der Waals surface area (Å²) in [6.07, 6.45) is 3.31. The summed E-state index contributed by atoms with van der Waals surface area (Å²) in [5, 5.41) is 5.38. The second-order valence-corrected chi connectivity index (χ2v) is 4.91. The van der Waals surface area contributed by atoms with Crippen LogP contribution in [0.15, 0.2) is 42.7 Å². The van der Waals surface area contributed by atoms with Gasteiger partial charge in [-0.25, -0.2) is 4.79 Å². The molecule has 1 atom stereocenters. The van der Waals surface area contributed by atoms with Crippen molar-refractivity contribution in [1.82, 2.24) is 10.3 Å². The zero-order valence-electron chi connectivity index (χ0n) is 12.7. The number of hydrogen-bond acceptors (Lipinski definition) is 3. The number of pyridine rings is 1. The summed E-state index contributed by atoms with van der Waals surface area (Å²) < 4.78 is 29.1. The van der Waals surface area contributed by atoms with Crippen molar-refractivity contribution < 1.29 is 18.3 Å². The van der Waals surface area contributed by atoms with Crippen LogP contribution in [0.3, 0.4) is 0 Å². The van der Waals surface area contributed by atoms with Crippen molar-refractivity contribution in [1.29, 1.82) is 0 Å². The Morgan fingerprint density at radius 2 is 2.04 bits per heavy atom. The fourth-order valence-corrected chi connectivity index (χ4v) is 2.04. The van der Waals surface area contributed by atoms with Crippen LogP contribution in [-0.2, 0) is 0 Å². The highest BCUT2D eigenvalue weighted by Crippen LogP contribution is 2.26. The summed E-state index contributed by atoms with van der Waals surface area (Å²) in [4.78, 5) is 16.0. The fraction of sp³-hybridized carbons (Fsp3) is 0.250. The minimum absolute atomic E-state index is 0.0260. The molecule has 1 unspecified atom stereocenters. The lowest BCUT2D eigenvalue weighted by molar-refractivity contribution is -0.0502. The Kier molecular flexibility index (Phi) is 5.46. The molecule has 2 N–H and O–H groups in total. The summed E-state index contributed by atoms with van der Waals surface area (Å²) in [5.74, 6) is 0.0260. The predicted octanol–water partition coefficient (Wildman–Crippen LogP) is 3.87. The third kappa shape index (κ3) is 4.64. The maximum absolute atomic E-state index is 12.3. The number of nitrogens with one attached hydrogen (secondary N) is 2. The molecule has 0 aliphatic heterocycles. The van der Waals surface area contributed by atoms with Crippen molar-refractivity contribution in [3.8, 4) is 5.75 Å². The van der Waals surface area contributed by atoms with Gasteiger partial charge < -0.3 is 15.4 Å². The van der Waals surface area contributed by atoms with E-state index in [1.165, 1.54) is 12.1 Å². The second-order valence-electron chi connectivity index (χ2n) is 4.91. The summed E-state index contributed by atoms with van der Waals surface area (Å²) in [6, 6.07) is 7.50. The first-order valence-electron chi connectivity index (χ1n) is 6.99. The Hall–Kier alpha value is -2.70. The van der Waals surface area contributed by atoms with Gasteiger partial charge in [-0.2, -0.15) is 8.78 Å². The second kappa shape index (κ2) is 7.53. The Morgan fingerprint density at radius 1 is 1.26 bits per heavy atom. The van der Waals surface area contributed by atoms with Crippen molar-refractivity contribution in [3.63, 3.8) is 0 Å². The first-order valence-corrected chi connectivity index (χ1v) is 6.99. The number of aromatic nitrogens is 1. The molecular formula is C16H17F2N3O2. The molecule has 0 aliphatic carbocycles. The van der Waals surface area contributed by atoms with Crippen LogP contribution in [0.25, 0.3) is 0 Å². The summed E-state index contributed by atoms with van der Waals surface area (Å²) in [7, 11) is 0. The van der Waals surface area contributed by atoms with E-state index in [2.05, 4.69) is 20.4 Å². The Bertz CT molecular complexity index is 666. The number of nitrogens with zero attached hydrogens (tertiary/aromatic N) is 1. The minimum Gasteiger partial charge on any atom is -0.434 e. The number of halogens is 2. The molecule has 0 fully saturated rings. The topological polar surface area (TPSA) is 63.2 Å². The largest absolute Gasteiger partial charge is 0.434 e. The zero-order chi connectivity index (χ0) is 16.8. The maximum atomic E-state index is 12.3. The van der Waals surface area contributed by atoms with Gasteiger partial charge in [0, 0.05) is 23.6 Å². The molecule has 1 aromatic carbocycles. The van der Waals surface area contributed by atoms with Gasteiger partial charge >= 0.3 is 12.6 Å². The number of ether oxygens (including phenoxy) is 1. The van der Waals surface area contributed by atoms with E-state index in [4.69, 9.17) is 0 Å². The molecule has 2 rings (SSSR count). The molecule has 5 nitrogen and oxygen atoms in total. The number of anilines is 1. The third-order valence-electron chi connectivity index (χ3n) is 3.28. The molecule has 1 heterocycles.